The minimum absolute atomic E-state index is 0.166. The zero-order valence-electron chi connectivity index (χ0n) is 14.6. The van der Waals surface area contributed by atoms with Crippen LogP contribution >= 0.6 is 11.8 Å². The van der Waals surface area contributed by atoms with Crippen LogP contribution in [0, 0.1) is 5.82 Å². The number of carbonyl (C=O) groups is 1. The number of thioether (sulfide) groups is 1. The molecule has 0 aliphatic carbocycles. The number of imidazole rings is 1. The molecule has 0 saturated heterocycles. The lowest BCUT2D eigenvalue weighted by Gasteiger charge is -2.26. The molecule has 0 spiro atoms. The van der Waals surface area contributed by atoms with E-state index in [1.165, 1.54) is 17.8 Å². The van der Waals surface area contributed by atoms with E-state index in [0.29, 0.717) is 11.4 Å². The quantitative estimate of drug-likeness (QED) is 0.716. The number of benzene rings is 2. The molecule has 138 valence electrons. The molecule has 2 heterocycles. The Hall–Kier alpha value is -2.80. The Morgan fingerprint density at radius 1 is 1.26 bits per heavy atom. The molecule has 0 fully saturated rings. The van der Waals surface area contributed by atoms with Crippen molar-refractivity contribution in [3.63, 3.8) is 0 Å². The topological polar surface area (TPSA) is 59.0 Å². The molecule has 2 amide bonds. The fraction of sp³-hybridized carbons (Fsp3) is 0.200. The monoisotopic (exact) mass is 382 g/mol. The maximum Gasteiger partial charge on any atom is 0.315 e. The SMILES string of the molecule is O=C(NCc1ccc(-n2ccnc2)cc1)NC1CCSc2c(F)cccc21. The van der Waals surface area contributed by atoms with Gasteiger partial charge in [0.1, 0.15) is 5.82 Å². The van der Waals surface area contributed by atoms with Crippen LogP contribution in [0.15, 0.2) is 66.1 Å². The van der Waals surface area contributed by atoms with Crippen molar-refractivity contribution in [3.8, 4) is 5.69 Å². The molecule has 7 heteroatoms. The van der Waals surface area contributed by atoms with Gasteiger partial charge >= 0.3 is 6.03 Å². The molecule has 3 aromatic rings. The Morgan fingerprint density at radius 3 is 2.89 bits per heavy atom. The summed E-state index contributed by atoms with van der Waals surface area (Å²) < 4.78 is 15.8. The van der Waals surface area contributed by atoms with Crippen molar-refractivity contribution in [2.24, 2.45) is 0 Å². The van der Waals surface area contributed by atoms with Gasteiger partial charge in [-0.3, -0.25) is 0 Å². The van der Waals surface area contributed by atoms with Crippen molar-refractivity contribution in [1.29, 1.82) is 0 Å². The first-order chi connectivity index (χ1) is 13.2. The number of hydrogen-bond acceptors (Lipinski definition) is 3. The van der Waals surface area contributed by atoms with Gasteiger partial charge in [0.05, 0.1) is 12.4 Å². The maximum atomic E-state index is 13.9. The summed E-state index contributed by atoms with van der Waals surface area (Å²) in [7, 11) is 0. The van der Waals surface area contributed by atoms with E-state index in [4.69, 9.17) is 0 Å². The third-order valence-corrected chi connectivity index (χ3v) is 5.68. The summed E-state index contributed by atoms with van der Waals surface area (Å²) >= 11 is 1.50. The van der Waals surface area contributed by atoms with Crippen molar-refractivity contribution in [3.05, 3.63) is 78.1 Å². The van der Waals surface area contributed by atoms with Crippen molar-refractivity contribution < 1.29 is 9.18 Å². The highest BCUT2D eigenvalue weighted by molar-refractivity contribution is 7.99. The van der Waals surface area contributed by atoms with Gasteiger partial charge in [-0.15, -0.1) is 11.8 Å². The highest BCUT2D eigenvalue weighted by atomic mass is 32.2. The number of aromatic nitrogens is 2. The van der Waals surface area contributed by atoms with Crippen molar-refractivity contribution in [2.75, 3.05) is 5.75 Å². The van der Waals surface area contributed by atoms with Gasteiger partial charge in [0.25, 0.3) is 0 Å². The average Bonchev–Trinajstić information content (AvgIpc) is 3.22. The molecule has 0 saturated carbocycles. The highest BCUT2D eigenvalue weighted by Crippen LogP contribution is 2.37. The van der Waals surface area contributed by atoms with Crippen LogP contribution in [0.4, 0.5) is 9.18 Å². The molecule has 0 bridgehead atoms. The number of carbonyl (C=O) groups excluding carboxylic acids is 1. The number of amides is 2. The van der Waals surface area contributed by atoms with E-state index in [2.05, 4.69) is 15.6 Å². The minimum Gasteiger partial charge on any atom is -0.334 e. The number of nitrogens with zero attached hydrogens (tertiary/aromatic N) is 2. The Labute approximate surface area is 161 Å². The van der Waals surface area contributed by atoms with Gasteiger partial charge in [0.2, 0.25) is 0 Å². The summed E-state index contributed by atoms with van der Waals surface area (Å²) in [4.78, 5) is 17.0. The number of nitrogens with one attached hydrogen (secondary N) is 2. The standard InChI is InChI=1S/C20H19FN4OS/c21-17-3-1-2-16-18(8-11-27-19(16)17)24-20(26)23-12-14-4-6-15(7-5-14)25-10-9-22-13-25/h1-7,9-10,13,18H,8,11-12H2,(H2,23,24,26). The third-order valence-electron chi connectivity index (χ3n) is 4.52. The molecule has 1 unspecified atom stereocenters. The number of hydrogen-bond donors (Lipinski definition) is 2. The average molecular weight is 382 g/mol. The van der Waals surface area contributed by atoms with E-state index in [-0.39, 0.29) is 17.9 Å². The zero-order valence-corrected chi connectivity index (χ0v) is 15.4. The molecule has 1 aliphatic rings. The first-order valence-electron chi connectivity index (χ1n) is 8.73. The number of urea groups is 1. The largest absolute Gasteiger partial charge is 0.334 e. The second-order valence-electron chi connectivity index (χ2n) is 6.31. The van der Waals surface area contributed by atoms with Crippen LogP contribution in [0.1, 0.15) is 23.6 Å². The van der Waals surface area contributed by atoms with Crippen LogP contribution in [0.2, 0.25) is 0 Å². The first-order valence-corrected chi connectivity index (χ1v) is 9.72. The summed E-state index contributed by atoms with van der Waals surface area (Å²) in [6, 6.07) is 12.5. The number of halogens is 1. The lowest BCUT2D eigenvalue weighted by molar-refractivity contribution is 0.236. The molecular formula is C20H19FN4OS. The summed E-state index contributed by atoms with van der Waals surface area (Å²) in [5.41, 5.74) is 2.87. The Bertz CT molecular complexity index is 928. The predicted molar refractivity (Wildman–Crippen MR) is 103 cm³/mol. The van der Waals surface area contributed by atoms with E-state index in [1.54, 1.807) is 18.6 Å². The predicted octanol–water partition coefficient (Wildman–Crippen LogP) is 4.05. The fourth-order valence-electron chi connectivity index (χ4n) is 3.13. The van der Waals surface area contributed by atoms with Crippen LogP contribution in [-0.4, -0.2) is 21.3 Å². The zero-order chi connectivity index (χ0) is 18.6. The molecule has 1 aliphatic heterocycles. The summed E-state index contributed by atoms with van der Waals surface area (Å²) in [5, 5.41) is 5.84. The van der Waals surface area contributed by atoms with Gasteiger partial charge in [0, 0.05) is 35.3 Å². The molecule has 27 heavy (non-hydrogen) atoms. The van der Waals surface area contributed by atoms with E-state index in [0.717, 1.165) is 29.0 Å². The Kier molecular flexibility index (Phi) is 5.11. The molecule has 2 N–H and O–H groups in total. The summed E-state index contributed by atoms with van der Waals surface area (Å²) in [6.45, 7) is 0.424. The number of fused-ring (bicyclic) bond motifs is 1. The van der Waals surface area contributed by atoms with Gasteiger partial charge < -0.3 is 15.2 Å². The van der Waals surface area contributed by atoms with Crippen LogP contribution in [0.5, 0.6) is 0 Å². The van der Waals surface area contributed by atoms with Gasteiger partial charge in [-0.05, 0) is 35.7 Å². The van der Waals surface area contributed by atoms with Crippen molar-refractivity contribution in [1.82, 2.24) is 20.2 Å². The molecule has 2 aromatic carbocycles. The molecule has 0 radical (unpaired) electrons. The van der Waals surface area contributed by atoms with E-state index < -0.39 is 0 Å². The van der Waals surface area contributed by atoms with Crippen LogP contribution in [0.25, 0.3) is 5.69 Å². The summed E-state index contributed by atoms with van der Waals surface area (Å²) in [6.07, 6.45) is 6.13. The minimum atomic E-state index is -0.249. The lowest BCUT2D eigenvalue weighted by Crippen LogP contribution is -2.38. The summed E-state index contributed by atoms with van der Waals surface area (Å²) in [5.74, 6) is 0.566. The third kappa shape index (κ3) is 3.98. The van der Waals surface area contributed by atoms with Crippen LogP contribution < -0.4 is 10.6 Å². The van der Waals surface area contributed by atoms with Crippen LogP contribution in [-0.2, 0) is 6.54 Å². The molecular weight excluding hydrogens is 363 g/mol. The van der Waals surface area contributed by atoms with Gasteiger partial charge in [-0.25, -0.2) is 14.2 Å². The first kappa shape index (κ1) is 17.6. The van der Waals surface area contributed by atoms with Crippen molar-refractivity contribution >= 4 is 17.8 Å². The smallest absolute Gasteiger partial charge is 0.315 e. The van der Waals surface area contributed by atoms with E-state index in [9.17, 15) is 9.18 Å². The molecule has 1 atom stereocenters. The lowest BCUT2D eigenvalue weighted by atomic mass is 10.0. The number of rotatable bonds is 4. The van der Waals surface area contributed by atoms with E-state index in [1.807, 2.05) is 41.1 Å². The maximum absolute atomic E-state index is 13.9. The fourth-order valence-corrected chi connectivity index (χ4v) is 4.27. The van der Waals surface area contributed by atoms with Gasteiger partial charge in [0.15, 0.2) is 0 Å². The second-order valence-corrected chi connectivity index (χ2v) is 7.42. The Balaban J connectivity index is 1.35. The molecule has 4 rings (SSSR count). The molecule has 1 aromatic heterocycles. The van der Waals surface area contributed by atoms with Crippen LogP contribution in [0.3, 0.4) is 0 Å². The second kappa shape index (κ2) is 7.84. The van der Waals surface area contributed by atoms with Gasteiger partial charge in [-0.1, -0.05) is 24.3 Å². The van der Waals surface area contributed by atoms with Crippen molar-refractivity contribution in [2.45, 2.75) is 23.9 Å². The van der Waals surface area contributed by atoms with E-state index >= 15 is 0 Å². The highest BCUT2D eigenvalue weighted by Gasteiger charge is 2.24. The van der Waals surface area contributed by atoms with Gasteiger partial charge in [-0.2, -0.15) is 0 Å². The normalized spacial score (nSPS) is 15.8. The molecule has 5 nitrogen and oxygen atoms in total. The Morgan fingerprint density at radius 2 is 2.11 bits per heavy atom.